The monoisotopic (exact) mass is 234 g/mol. The molecule has 5 heteroatoms. The van der Waals surface area contributed by atoms with E-state index in [-0.39, 0.29) is 23.8 Å². The van der Waals surface area contributed by atoms with Crippen molar-refractivity contribution in [3.05, 3.63) is 0 Å². The highest BCUT2D eigenvalue weighted by Crippen LogP contribution is 2.10. The Kier molecular flexibility index (Phi) is 8.85. The lowest BCUT2D eigenvalue weighted by molar-refractivity contribution is -0.121. The zero-order chi connectivity index (χ0) is 11.7. The van der Waals surface area contributed by atoms with Crippen molar-refractivity contribution in [1.29, 1.82) is 0 Å². The highest BCUT2D eigenvalue weighted by Gasteiger charge is 2.16. The maximum atomic E-state index is 11.4. The molecular weight excluding hydrogens is 212 g/mol. The summed E-state index contributed by atoms with van der Waals surface area (Å²) in [6.45, 7) is 5.61. The van der Waals surface area contributed by atoms with Crippen molar-refractivity contribution >= 4 is 17.7 Å². The fraction of sp³-hybridized carbons (Fsp3) is 0.900. The average Bonchev–Trinajstić information content (AvgIpc) is 2.20. The summed E-state index contributed by atoms with van der Waals surface area (Å²) in [6.07, 6.45) is 2.42. The number of nitrogens with one attached hydrogen (secondary N) is 2. The van der Waals surface area contributed by atoms with E-state index in [9.17, 15) is 4.79 Å². The maximum Gasteiger partial charge on any atom is 0.221 e. The van der Waals surface area contributed by atoms with Gasteiger partial charge in [-0.2, -0.15) is 11.8 Å². The lowest BCUT2D eigenvalue weighted by atomic mass is 10.2. The Morgan fingerprint density at radius 1 is 1.53 bits per heavy atom. The molecule has 0 saturated carbocycles. The second-order valence-corrected chi connectivity index (χ2v) is 4.49. The molecule has 0 spiro atoms. The van der Waals surface area contributed by atoms with Crippen LogP contribution in [0.5, 0.6) is 0 Å². The van der Waals surface area contributed by atoms with Crippen LogP contribution in [0.1, 0.15) is 20.3 Å². The highest BCUT2D eigenvalue weighted by molar-refractivity contribution is 7.99. The summed E-state index contributed by atoms with van der Waals surface area (Å²) in [6, 6.07) is 0.0131. The fourth-order valence-corrected chi connectivity index (χ4v) is 1.86. The van der Waals surface area contributed by atoms with Gasteiger partial charge in [-0.05, 0) is 19.7 Å². The van der Waals surface area contributed by atoms with Gasteiger partial charge in [0.25, 0.3) is 0 Å². The van der Waals surface area contributed by atoms with Crippen molar-refractivity contribution in [2.45, 2.75) is 31.6 Å². The predicted octanol–water partition coefficient (Wildman–Crippen LogP) is 0.215. The number of aliphatic hydroxyl groups is 1. The molecule has 4 nitrogen and oxygen atoms in total. The van der Waals surface area contributed by atoms with Gasteiger partial charge in [0.2, 0.25) is 5.91 Å². The average molecular weight is 234 g/mol. The van der Waals surface area contributed by atoms with Crippen LogP contribution < -0.4 is 10.6 Å². The Bertz CT molecular complexity index is 175. The van der Waals surface area contributed by atoms with E-state index in [4.69, 9.17) is 5.11 Å². The smallest absolute Gasteiger partial charge is 0.221 e. The maximum absolute atomic E-state index is 11.4. The lowest BCUT2D eigenvalue weighted by Crippen LogP contribution is -2.42. The number of amides is 1. The summed E-state index contributed by atoms with van der Waals surface area (Å²) in [7, 11) is 0. The summed E-state index contributed by atoms with van der Waals surface area (Å²) < 4.78 is 0. The Morgan fingerprint density at radius 3 is 2.67 bits per heavy atom. The van der Waals surface area contributed by atoms with Crippen LogP contribution in [-0.2, 0) is 4.79 Å². The molecule has 0 bridgehead atoms. The van der Waals surface area contributed by atoms with Gasteiger partial charge in [-0.1, -0.05) is 6.92 Å². The van der Waals surface area contributed by atoms with Crippen LogP contribution in [0, 0.1) is 0 Å². The van der Waals surface area contributed by atoms with Gasteiger partial charge in [-0.3, -0.25) is 4.79 Å². The molecule has 2 unspecified atom stereocenters. The number of hydrogen-bond acceptors (Lipinski definition) is 4. The number of carbonyl (C=O) groups excluding carboxylic acids is 1. The molecule has 0 aromatic heterocycles. The minimum absolute atomic E-state index is 0.0131. The van der Waals surface area contributed by atoms with Crippen LogP contribution in [0.4, 0.5) is 0 Å². The Balaban J connectivity index is 3.74. The molecule has 0 aromatic rings. The molecule has 0 aliphatic rings. The third kappa shape index (κ3) is 6.76. The second kappa shape index (κ2) is 9.00. The van der Waals surface area contributed by atoms with Gasteiger partial charge in [0, 0.05) is 24.3 Å². The normalized spacial score (nSPS) is 14.7. The summed E-state index contributed by atoms with van der Waals surface area (Å²) in [4.78, 5) is 11.4. The van der Waals surface area contributed by atoms with Gasteiger partial charge in [-0.25, -0.2) is 0 Å². The second-order valence-electron chi connectivity index (χ2n) is 3.42. The number of hydrogen-bond donors (Lipinski definition) is 3. The van der Waals surface area contributed by atoms with Gasteiger partial charge >= 0.3 is 0 Å². The van der Waals surface area contributed by atoms with Crippen molar-refractivity contribution in [2.75, 3.05) is 26.0 Å². The van der Waals surface area contributed by atoms with Crippen LogP contribution in [-0.4, -0.2) is 48.3 Å². The van der Waals surface area contributed by atoms with E-state index in [1.54, 1.807) is 11.8 Å². The fourth-order valence-electron chi connectivity index (χ4n) is 1.23. The highest BCUT2D eigenvalue weighted by atomic mass is 32.2. The van der Waals surface area contributed by atoms with E-state index in [2.05, 4.69) is 10.6 Å². The van der Waals surface area contributed by atoms with E-state index >= 15 is 0 Å². The molecule has 0 radical (unpaired) electrons. The molecule has 0 rings (SSSR count). The standard InChI is InChI=1S/C10H22N2O2S/c1-4-11-6-5-10(14)12-8(2)9(7-13)15-3/h8-9,11,13H,4-7H2,1-3H3,(H,12,14). The quantitative estimate of drug-likeness (QED) is 0.526. The minimum Gasteiger partial charge on any atom is -0.395 e. The van der Waals surface area contributed by atoms with Gasteiger partial charge < -0.3 is 15.7 Å². The molecule has 90 valence electrons. The lowest BCUT2D eigenvalue weighted by Gasteiger charge is -2.21. The number of rotatable bonds is 8. The number of aliphatic hydroxyl groups excluding tert-OH is 1. The van der Waals surface area contributed by atoms with Gasteiger partial charge in [0.1, 0.15) is 0 Å². The van der Waals surface area contributed by atoms with E-state index < -0.39 is 0 Å². The zero-order valence-corrected chi connectivity index (χ0v) is 10.6. The third-order valence-electron chi connectivity index (χ3n) is 2.21. The molecule has 0 aromatic carbocycles. The van der Waals surface area contributed by atoms with Crippen LogP contribution in [0.2, 0.25) is 0 Å². The zero-order valence-electron chi connectivity index (χ0n) is 9.75. The molecule has 3 N–H and O–H groups in total. The summed E-state index contributed by atoms with van der Waals surface area (Å²) in [5.74, 6) is 0.0379. The van der Waals surface area contributed by atoms with Crippen LogP contribution in [0.15, 0.2) is 0 Å². The van der Waals surface area contributed by atoms with Crippen molar-refractivity contribution in [2.24, 2.45) is 0 Å². The van der Waals surface area contributed by atoms with E-state index in [1.807, 2.05) is 20.1 Å². The molecule has 15 heavy (non-hydrogen) atoms. The first kappa shape index (κ1) is 14.7. The largest absolute Gasteiger partial charge is 0.395 e. The van der Waals surface area contributed by atoms with E-state index in [0.717, 1.165) is 6.54 Å². The van der Waals surface area contributed by atoms with Crippen LogP contribution >= 0.6 is 11.8 Å². The molecule has 0 heterocycles. The van der Waals surface area contributed by atoms with Crippen LogP contribution in [0.25, 0.3) is 0 Å². The Labute approximate surface area is 96.2 Å². The topological polar surface area (TPSA) is 61.4 Å². The SMILES string of the molecule is CCNCCC(=O)NC(C)C(CO)SC. The van der Waals surface area contributed by atoms with Crippen molar-refractivity contribution in [1.82, 2.24) is 10.6 Å². The Morgan fingerprint density at radius 2 is 2.20 bits per heavy atom. The molecule has 1 amide bonds. The van der Waals surface area contributed by atoms with Crippen molar-refractivity contribution in [3.63, 3.8) is 0 Å². The summed E-state index contributed by atoms with van der Waals surface area (Å²) in [5, 5.41) is 15.1. The van der Waals surface area contributed by atoms with Gasteiger partial charge in [0.15, 0.2) is 0 Å². The molecule has 2 atom stereocenters. The molecule has 0 saturated heterocycles. The van der Waals surface area contributed by atoms with Crippen LogP contribution in [0.3, 0.4) is 0 Å². The molecular formula is C10H22N2O2S. The van der Waals surface area contributed by atoms with Crippen molar-refractivity contribution < 1.29 is 9.90 Å². The van der Waals surface area contributed by atoms with Gasteiger partial charge in [0.05, 0.1) is 6.61 Å². The van der Waals surface area contributed by atoms with E-state index in [0.29, 0.717) is 13.0 Å². The van der Waals surface area contributed by atoms with E-state index in [1.165, 1.54) is 0 Å². The first-order valence-electron chi connectivity index (χ1n) is 5.29. The molecule has 0 aliphatic carbocycles. The van der Waals surface area contributed by atoms with Gasteiger partial charge in [-0.15, -0.1) is 0 Å². The summed E-state index contributed by atoms with van der Waals surface area (Å²) in [5.41, 5.74) is 0. The third-order valence-corrected chi connectivity index (χ3v) is 3.37. The predicted molar refractivity (Wildman–Crippen MR) is 65.2 cm³/mol. The number of thioether (sulfide) groups is 1. The first-order chi connectivity index (χ1) is 7.15. The van der Waals surface area contributed by atoms with Crippen molar-refractivity contribution in [3.8, 4) is 0 Å². The molecule has 0 fully saturated rings. The molecule has 0 aliphatic heterocycles. The first-order valence-corrected chi connectivity index (χ1v) is 6.58. The summed E-state index contributed by atoms with van der Waals surface area (Å²) >= 11 is 1.57. The Hall–Kier alpha value is -0.260. The minimum atomic E-state index is 0.0131. The number of carbonyl (C=O) groups is 1.